The molecular formula is C15H23ClN2O3S. The van der Waals surface area contributed by atoms with Crippen molar-refractivity contribution in [2.45, 2.75) is 49.6 Å². The average molecular weight is 347 g/mol. The molecule has 0 fully saturated rings. The van der Waals surface area contributed by atoms with Crippen molar-refractivity contribution in [3.63, 3.8) is 0 Å². The van der Waals surface area contributed by atoms with Crippen LogP contribution in [0.25, 0.3) is 0 Å². The maximum Gasteiger partial charge on any atom is 0.240 e. The van der Waals surface area contributed by atoms with E-state index >= 15 is 0 Å². The lowest BCUT2D eigenvalue weighted by Crippen LogP contribution is -2.52. The number of amides is 1. The molecule has 0 radical (unpaired) electrons. The van der Waals surface area contributed by atoms with E-state index in [4.69, 9.17) is 5.73 Å². The average Bonchev–Trinajstić information content (AvgIpc) is 2.42. The van der Waals surface area contributed by atoms with Gasteiger partial charge in [-0.2, -0.15) is 0 Å². The smallest absolute Gasteiger partial charge is 0.240 e. The Labute approximate surface area is 138 Å². The predicted molar refractivity (Wildman–Crippen MR) is 88.7 cm³/mol. The van der Waals surface area contributed by atoms with Crippen molar-refractivity contribution in [1.82, 2.24) is 5.32 Å². The van der Waals surface area contributed by atoms with Gasteiger partial charge in [-0.3, -0.25) is 4.79 Å². The molecule has 0 spiro atoms. The Kier molecular flexibility index (Phi) is 6.01. The van der Waals surface area contributed by atoms with Crippen molar-refractivity contribution >= 4 is 28.2 Å². The molecule has 0 aliphatic carbocycles. The normalized spacial score (nSPS) is 21.9. The third kappa shape index (κ3) is 3.80. The monoisotopic (exact) mass is 346 g/mol. The lowest BCUT2D eigenvalue weighted by atomic mass is 9.95. The Hall–Kier alpha value is -1.11. The van der Waals surface area contributed by atoms with E-state index in [-0.39, 0.29) is 30.1 Å². The molecule has 1 aromatic carbocycles. The van der Waals surface area contributed by atoms with Crippen molar-refractivity contribution in [3.05, 3.63) is 29.8 Å². The molecule has 5 nitrogen and oxygen atoms in total. The molecule has 1 aromatic rings. The molecule has 0 aromatic heterocycles. The summed E-state index contributed by atoms with van der Waals surface area (Å²) in [4.78, 5) is 12.6. The van der Waals surface area contributed by atoms with Crippen LogP contribution in [0.5, 0.6) is 0 Å². The number of nitrogens with two attached hydrogens (primary N) is 1. The van der Waals surface area contributed by atoms with Crippen molar-refractivity contribution < 1.29 is 13.2 Å². The van der Waals surface area contributed by atoms with E-state index in [0.717, 1.165) is 6.42 Å². The summed E-state index contributed by atoms with van der Waals surface area (Å²) in [6.45, 7) is 3.68. The van der Waals surface area contributed by atoms with Gasteiger partial charge in [0.2, 0.25) is 5.91 Å². The molecule has 3 N–H and O–H groups in total. The fourth-order valence-corrected chi connectivity index (χ4v) is 4.32. The van der Waals surface area contributed by atoms with E-state index < -0.39 is 15.4 Å². The second kappa shape index (κ2) is 6.98. The molecular weight excluding hydrogens is 324 g/mol. The molecule has 1 aliphatic rings. The van der Waals surface area contributed by atoms with E-state index in [9.17, 15) is 13.2 Å². The topological polar surface area (TPSA) is 89.3 Å². The Morgan fingerprint density at radius 1 is 1.41 bits per heavy atom. The van der Waals surface area contributed by atoms with Crippen LogP contribution in [-0.2, 0) is 14.6 Å². The van der Waals surface area contributed by atoms with Crippen molar-refractivity contribution in [2.24, 2.45) is 5.73 Å². The van der Waals surface area contributed by atoms with Crippen molar-refractivity contribution in [3.8, 4) is 0 Å². The zero-order valence-electron chi connectivity index (χ0n) is 12.8. The van der Waals surface area contributed by atoms with E-state index in [0.29, 0.717) is 23.3 Å². The van der Waals surface area contributed by atoms with Gasteiger partial charge < -0.3 is 11.1 Å². The van der Waals surface area contributed by atoms with E-state index in [2.05, 4.69) is 5.32 Å². The molecule has 1 aliphatic heterocycles. The van der Waals surface area contributed by atoms with Gasteiger partial charge in [-0.1, -0.05) is 31.5 Å². The minimum atomic E-state index is -3.24. The zero-order chi connectivity index (χ0) is 15.7. The lowest BCUT2D eigenvalue weighted by molar-refractivity contribution is -0.126. The van der Waals surface area contributed by atoms with Crippen LogP contribution in [0.3, 0.4) is 0 Å². The fourth-order valence-electron chi connectivity index (χ4n) is 2.70. The Bertz CT molecular complexity index is 644. The number of hydrogen-bond donors (Lipinski definition) is 2. The van der Waals surface area contributed by atoms with E-state index in [1.165, 1.54) is 0 Å². The number of carbonyl (C=O) groups excluding carboxylic acids is 1. The highest BCUT2D eigenvalue weighted by molar-refractivity contribution is 7.91. The molecule has 2 rings (SSSR count). The zero-order valence-corrected chi connectivity index (χ0v) is 14.5. The highest BCUT2D eigenvalue weighted by atomic mass is 35.5. The van der Waals surface area contributed by atoms with Crippen LogP contribution in [0.15, 0.2) is 29.2 Å². The van der Waals surface area contributed by atoms with Crippen LogP contribution in [0, 0.1) is 0 Å². The highest BCUT2D eigenvalue weighted by Gasteiger charge is 2.34. The Morgan fingerprint density at radius 3 is 2.68 bits per heavy atom. The molecule has 0 saturated carbocycles. The van der Waals surface area contributed by atoms with Crippen molar-refractivity contribution in [1.29, 1.82) is 0 Å². The molecule has 1 amide bonds. The van der Waals surface area contributed by atoms with E-state index in [1.54, 1.807) is 31.2 Å². The molecule has 2 atom stereocenters. The van der Waals surface area contributed by atoms with Gasteiger partial charge in [0.25, 0.3) is 0 Å². The van der Waals surface area contributed by atoms with Gasteiger partial charge in [-0.05, 0) is 31.4 Å². The molecule has 124 valence electrons. The second-order valence-corrected chi connectivity index (χ2v) is 7.92. The van der Waals surface area contributed by atoms with Gasteiger partial charge >= 0.3 is 0 Å². The first-order chi connectivity index (χ1) is 9.78. The van der Waals surface area contributed by atoms with Gasteiger partial charge in [-0.15, -0.1) is 12.4 Å². The minimum absolute atomic E-state index is 0. The van der Waals surface area contributed by atoms with Crippen LogP contribution < -0.4 is 11.1 Å². The quantitative estimate of drug-likeness (QED) is 0.872. The summed E-state index contributed by atoms with van der Waals surface area (Å²) < 4.78 is 24.1. The van der Waals surface area contributed by atoms with Crippen LogP contribution in [-0.4, -0.2) is 25.6 Å². The number of nitrogens with one attached hydrogen (secondary N) is 1. The van der Waals surface area contributed by atoms with Crippen LogP contribution in [0.4, 0.5) is 0 Å². The Morgan fingerprint density at radius 2 is 2.05 bits per heavy atom. The van der Waals surface area contributed by atoms with Gasteiger partial charge in [0.05, 0.1) is 22.2 Å². The largest absolute Gasteiger partial charge is 0.348 e. The van der Waals surface area contributed by atoms with Gasteiger partial charge in [-0.25, -0.2) is 8.42 Å². The molecule has 1 heterocycles. The molecule has 7 heteroatoms. The van der Waals surface area contributed by atoms with Gasteiger partial charge in [0.1, 0.15) is 0 Å². The van der Waals surface area contributed by atoms with Gasteiger partial charge in [0, 0.05) is 0 Å². The van der Waals surface area contributed by atoms with Gasteiger partial charge in [0.15, 0.2) is 9.84 Å². The van der Waals surface area contributed by atoms with Crippen LogP contribution >= 0.6 is 12.4 Å². The SMILES string of the molecule is CCCC(C)(N)C(=O)NC1CCS(=O)(=O)c2ccccc21.Cl. The summed E-state index contributed by atoms with van der Waals surface area (Å²) in [5, 5.41) is 2.91. The summed E-state index contributed by atoms with van der Waals surface area (Å²) in [5.41, 5.74) is 5.76. The second-order valence-electron chi connectivity index (χ2n) is 5.84. The number of benzene rings is 1. The third-order valence-electron chi connectivity index (χ3n) is 3.90. The third-order valence-corrected chi connectivity index (χ3v) is 5.71. The number of hydrogen-bond acceptors (Lipinski definition) is 4. The summed E-state index contributed by atoms with van der Waals surface area (Å²) >= 11 is 0. The summed E-state index contributed by atoms with van der Waals surface area (Å²) in [7, 11) is -3.24. The van der Waals surface area contributed by atoms with Crippen LogP contribution in [0.2, 0.25) is 0 Å². The predicted octanol–water partition coefficient (Wildman–Crippen LogP) is 1.96. The number of halogens is 1. The molecule has 2 unspecified atom stereocenters. The first-order valence-corrected chi connectivity index (χ1v) is 8.84. The first-order valence-electron chi connectivity index (χ1n) is 7.19. The lowest BCUT2D eigenvalue weighted by Gasteiger charge is -2.30. The molecule has 0 bridgehead atoms. The maximum atomic E-state index is 12.3. The minimum Gasteiger partial charge on any atom is -0.348 e. The number of sulfone groups is 1. The highest BCUT2D eigenvalue weighted by Crippen LogP contribution is 2.32. The first kappa shape index (κ1) is 18.9. The van der Waals surface area contributed by atoms with Crippen LogP contribution in [0.1, 0.15) is 44.7 Å². The number of fused-ring (bicyclic) bond motifs is 1. The summed E-state index contributed by atoms with van der Waals surface area (Å²) in [6.07, 6.45) is 1.79. The molecule has 22 heavy (non-hydrogen) atoms. The summed E-state index contributed by atoms with van der Waals surface area (Å²) in [5.74, 6) is -0.187. The Balaban J connectivity index is 0.00000242. The summed E-state index contributed by atoms with van der Waals surface area (Å²) in [6, 6.07) is 6.54. The number of carbonyl (C=O) groups is 1. The maximum absolute atomic E-state index is 12.3. The molecule has 0 saturated heterocycles. The fraction of sp³-hybridized carbons (Fsp3) is 0.533. The number of rotatable bonds is 4. The van der Waals surface area contributed by atoms with E-state index in [1.807, 2.05) is 6.92 Å². The standard InChI is InChI=1S/C15H22N2O3S.ClH/c1-3-9-15(2,16)14(18)17-12-8-10-21(19,20)13-7-5-4-6-11(12)13;/h4-7,12H,3,8-10,16H2,1-2H3,(H,17,18);1H. The van der Waals surface area contributed by atoms with Crippen molar-refractivity contribution in [2.75, 3.05) is 5.75 Å².